The molecule has 0 unspecified atom stereocenters. The fraction of sp³-hybridized carbons (Fsp3) is 0.857. The van der Waals surface area contributed by atoms with Crippen LogP contribution in [0.2, 0.25) is 0 Å². The molecule has 0 bridgehead atoms. The molecule has 0 aliphatic heterocycles. The van der Waals surface area contributed by atoms with Gasteiger partial charge in [-0.1, -0.05) is 6.92 Å². The van der Waals surface area contributed by atoms with Gasteiger partial charge in [-0.05, 0) is 26.2 Å². The predicted molar refractivity (Wildman–Crippen MR) is 98.4 cm³/mol. The molecule has 0 fully saturated rings. The van der Waals surface area contributed by atoms with Crippen molar-refractivity contribution in [1.82, 2.24) is 16.0 Å². The number of rotatable bonds is 11. The van der Waals surface area contributed by atoms with Crippen molar-refractivity contribution < 1.29 is 9.53 Å². The summed E-state index contributed by atoms with van der Waals surface area (Å²) in [6.07, 6.45) is 3.50. The molecule has 0 aliphatic carbocycles. The van der Waals surface area contributed by atoms with Crippen molar-refractivity contribution >= 4 is 35.8 Å². The van der Waals surface area contributed by atoms with Gasteiger partial charge in [-0.3, -0.25) is 9.79 Å². The van der Waals surface area contributed by atoms with Gasteiger partial charge in [0.1, 0.15) is 0 Å². The van der Waals surface area contributed by atoms with E-state index < -0.39 is 0 Å². The number of hydrogen-bond acceptors (Lipinski definition) is 3. The van der Waals surface area contributed by atoms with E-state index >= 15 is 0 Å². The Labute approximate surface area is 145 Å². The Kier molecular flexibility index (Phi) is 18.9. The molecule has 0 atom stereocenters. The number of nitrogens with zero attached hydrogens (tertiary/aromatic N) is 1. The summed E-state index contributed by atoms with van der Waals surface area (Å²) in [5, 5.41) is 9.18. The summed E-state index contributed by atoms with van der Waals surface area (Å²) < 4.78 is 5.27. The average Bonchev–Trinajstić information content (AvgIpc) is 2.46. The first-order valence-electron chi connectivity index (χ1n) is 7.53. The predicted octanol–water partition coefficient (Wildman–Crippen LogP) is 1.50. The van der Waals surface area contributed by atoms with Crippen LogP contribution in [0.15, 0.2) is 4.99 Å². The number of amides is 1. The lowest BCUT2D eigenvalue weighted by Crippen LogP contribution is -2.39. The minimum atomic E-state index is 0. The van der Waals surface area contributed by atoms with Crippen molar-refractivity contribution in [2.45, 2.75) is 39.5 Å². The van der Waals surface area contributed by atoms with Crippen LogP contribution >= 0.6 is 24.0 Å². The SMILES string of the molecule is CCCNC(=O)CCNC(=NC)NCCCCOCC.I. The van der Waals surface area contributed by atoms with Crippen molar-refractivity contribution in [1.29, 1.82) is 0 Å². The highest BCUT2D eigenvalue weighted by molar-refractivity contribution is 14.0. The van der Waals surface area contributed by atoms with Crippen LogP contribution in [0, 0.1) is 0 Å². The molecule has 3 N–H and O–H groups in total. The molecule has 0 aromatic carbocycles. The van der Waals surface area contributed by atoms with Gasteiger partial charge < -0.3 is 20.7 Å². The Morgan fingerprint density at radius 1 is 1.05 bits per heavy atom. The quantitative estimate of drug-likeness (QED) is 0.207. The molecular formula is C14H31IN4O2. The molecule has 0 rings (SSSR count). The molecule has 0 aromatic rings. The van der Waals surface area contributed by atoms with Crippen molar-refractivity contribution in [2.75, 3.05) is 39.9 Å². The van der Waals surface area contributed by atoms with Gasteiger partial charge in [0, 0.05) is 46.3 Å². The number of hydrogen-bond donors (Lipinski definition) is 3. The van der Waals surface area contributed by atoms with E-state index in [-0.39, 0.29) is 29.9 Å². The molecule has 0 spiro atoms. The van der Waals surface area contributed by atoms with Crippen LogP contribution in [0.5, 0.6) is 0 Å². The topological polar surface area (TPSA) is 74.8 Å². The summed E-state index contributed by atoms with van der Waals surface area (Å²) in [6.45, 7) is 7.81. The number of halogens is 1. The van der Waals surface area contributed by atoms with E-state index in [1.54, 1.807) is 7.05 Å². The number of guanidine groups is 1. The summed E-state index contributed by atoms with van der Waals surface area (Å²) in [5.74, 6) is 0.816. The van der Waals surface area contributed by atoms with Gasteiger partial charge in [-0.15, -0.1) is 24.0 Å². The van der Waals surface area contributed by atoms with E-state index in [0.717, 1.165) is 51.5 Å². The third kappa shape index (κ3) is 15.6. The Hall–Kier alpha value is -0.570. The summed E-state index contributed by atoms with van der Waals surface area (Å²) in [7, 11) is 1.73. The number of unbranched alkanes of at least 4 members (excludes halogenated alkanes) is 1. The maximum atomic E-state index is 11.4. The monoisotopic (exact) mass is 414 g/mol. The van der Waals surface area contributed by atoms with E-state index in [4.69, 9.17) is 4.74 Å². The van der Waals surface area contributed by atoms with Crippen molar-refractivity contribution in [3.05, 3.63) is 0 Å². The fourth-order valence-electron chi connectivity index (χ4n) is 1.55. The first-order valence-corrected chi connectivity index (χ1v) is 7.53. The first kappa shape index (κ1) is 22.7. The molecule has 21 heavy (non-hydrogen) atoms. The minimum absolute atomic E-state index is 0. The van der Waals surface area contributed by atoms with E-state index in [1.807, 2.05) is 13.8 Å². The van der Waals surface area contributed by atoms with Crippen LogP contribution in [0.4, 0.5) is 0 Å². The lowest BCUT2D eigenvalue weighted by molar-refractivity contribution is -0.120. The van der Waals surface area contributed by atoms with Crippen molar-refractivity contribution in [3.8, 4) is 0 Å². The molecule has 6 nitrogen and oxygen atoms in total. The Morgan fingerprint density at radius 3 is 2.38 bits per heavy atom. The number of nitrogens with one attached hydrogen (secondary N) is 3. The molecular weight excluding hydrogens is 383 g/mol. The molecule has 0 saturated carbocycles. The van der Waals surface area contributed by atoms with Crippen LogP contribution < -0.4 is 16.0 Å². The summed E-state index contributed by atoms with van der Waals surface area (Å²) in [4.78, 5) is 15.5. The zero-order valence-electron chi connectivity index (χ0n) is 13.5. The van der Waals surface area contributed by atoms with E-state index in [0.29, 0.717) is 13.0 Å². The van der Waals surface area contributed by atoms with Gasteiger partial charge in [0.2, 0.25) is 5.91 Å². The Morgan fingerprint density at radius 2 is 1.76 bits per heavy atom. The largest absolute Gasteiger partial charge is 0.382 e. The van der Waals surface area contributed by atoms with Crippen LogP contribution in [0.1, 0.15) is 39.5 Å². The zero-order chi connectivity index (χ0) is 15.1. The molecule has 1 amide bonds. The van der Waals surface area contributed by atoms with E-state index in [9.17, 15) is 4.79 Å². The molecule has 7 heteroatoms. The molecule has 0 heterocycles. The molecule has 0 radical (unpaired) electrons. The number of aliphatic imine (C=N–C) groups is 1. The average molecular weight is 414 g/mol. The van der Waals surface area contributed by atoms with Crippen LogP contribution in [-0.2, 0) is 9.53 Å². The number of ether oxygens (including phenoxy) is 1. The van der Waals surface area contributed by atoms with Gasteiger partial charge in [-0.2, -0.15) is 0 Å². The highest BCUT2D eigenvalue weighted by atomic mass is 127. The second-order valence-electron chi connectivity index (χ2n) is 4.43. The second kappa shape index (κ2) is 17.5. The maximum absolute atomic E-state index is 11.4. The van der Waals surface area contributed by atoms with Gasteiger partial charge in [0.25, 0.3) is 0 Å². The molecule has 0 saturated heterocycles. The van der Waals surface area contributed by atoms with E-state index in [2.05, 4.69) is 20.9 Å². The van der Waals surface area contributed by atoms with Gasteiger partial charge >= 0.3 is 0 Å². The van der Waals surface area contributed by atoms with Gasteiger partial charge in [0.05, 0.1) is 0 Å². The highest BCUT2D eigenvalue weighted by Gasteiger charge is 2.01. The Balaban J connectivity index is 0. The van der Waals surface area contributed by atoms with Crippen molar-refractivity contribution in [3.63, 3.8) is 0 Å². The molecule has 0 aromatic heterocycles. The van der Waals surface area contributed by atoms with Crippen molar-refractivity contribution in [2.24, 2.45) is 4.99 Å². The van der Waals surface area contributed by atoms with Crippen LogP contribution in [0.3, 0.4) is 0 Å². The standard InChI is InChI=1S/C14H30N4O2.HI/c1-4-9-16-13(19)8-11-18-14(15-3)17-10-6-7-12-20-5-2;/h4-12H2,1-3H3,(H,16,19)(H2,15,17,18);1H. The highest BCUT2D eigenvalue weighted by Crippen LogP contribution is 1.88. The minimum Gasteiger partial charge on any atom is -0.382 e. The summed E-state index contributed by atoms with van der Waals surface area (Å²) in [6, 6.07) is 0. The molecule has 126 valence electrons. The maximum Gasteiger partial charge on any atom is 0.221 e. The van der Waals surface area contributed by atoms with Crippen LogP contribution in [-0.4, -0.2) is 51.8 Å². The van der Waals surface area contributed by atoms with Gasteiger partial charge in [0.15, 0.2) is 5.96 Å². The zero-order valence-corrected chi connectivity index (χ0v) is 15.9. The lowest BCUT2D eigenvalue weighted by Gasteiger charge is -2.11. The number of carbonyl (C=O) groups is 1. The smallest absolute Gasteiger partial charge is 0.221 e. The lowest BCUT2D eigenvalue weighted by atomic mass is 10.3. The summed E-state index contributed by atoms with van der Waals surface area (Å²) in [5.41, 5.74) is 0. The third-order valence-corrected chi connectivity index (χ3v) is 2.65. The number of carbonyl (C=O) groups excluding carboxylic acids is 1. The van der Waals surface area contributed by atoms with Crippen LogP contribution in [0.25, 0.3) is 0 Å². The third-order valence-electron chi connectivity index (χ3n) is 2.65. The Bertz CT molecular complexity index is 276. The molecule has 0 aliphatic rings. The fourth-order valence-corrected chi connectivity index (χ4v) is 1.55. The normalized spacial score (nSPS) is 10.7. The second-order valence-corrected chi connectivity index (χ2v) is 4.43. The van der Waals surface area contributed by atoms with Gasteiger partial charge in [-0.25, -0.2) is 0 Å². The van der Waals surface area contributed by atoms with E-state index in [1.165, 1.54) is 0 Å². The first-order chi connectivity index (χ1) is 9.74. The summed E-state index contributed by atoms with van der Waals surface area (Å²) >= 11 is 0.